The predicted molar refractivity (Wildman–Crippen MR) is 84.9 cm³/mol. The molecule has 0 radical (unpaired) electrons. The van der Waals surface area contributed by atoms with E-state index in [0.29, 0.717) is 17.9 Å². The maximum atomic E-state index is 12.0. The maximum Gasteiger partial charge on any atom is 0.178 e. The van der Waals surface area contributed by atoms with Crippen molar-refractivity contribution in [2.75, 3.05) is 30.8 Å². The van der Waals surface area contributed by atoms with Gasteiger partial charge in [-0.3, -0.25) is 0 Å². The molecule has 1 aromatic carbocycles. The van der Waals surface area contributed by atoms with Crippen LogP contribution in [0.2, 0.25) is 0 Å². The monoisotopic (exact) mass is 298 g/mol. The van der Waals surface area contributed by atoms with Crippen LogP contribution in [0.3, 0.4) is 0 Å². The smallest absolute Gasteiger partial charge is 0.178 e. The molecule has 0 bridgehead atoms. The predicted octanol–water partition coefficient (Wildman–Crippen LogP) is 2.29. The van der Waals surface area contributed by atoms with E-state index < -0.39 is 9.84 Å². The molecule has 0 fully saturated rings. The molecule has 0 aliphatic rings. The Kier molecular flexibility index (Phi) is 5.59. The van der Waals surface area contributed by atoms with E-state index >= 15 is 0 Å². The topological polar surface area (TPSA) is 63.4 Å². The third-order valence-corrected chi connectivity index (χ3v) is 5.26. The van der Waals surface area contributed by atoms with Gasteiger partial charge in [-0.15, -0.1) is 0 Å². The minimum atomic E-state index is -3.13. The van der Waals surface area contributed by atoms with Gasteiger partial charge in [0.25, 0.3) is 0 Å². The molecule has 0 aromatic heterocycles. The van der Waals surface area contributed by atoms with Crippen LogP contribution in [0.5, 0.6) is 0 Å². The third-order valence-electron chi connectivity index (χ3n) is 3.33. The molecule has 0 saturated carbocycles. The Morgan fingerprint density at radius 2 is 1.75 bits per heavy atom. The molecule has 5 heteroatoms. The quantitative estimate of drug-likeness (QED) is 0.839. The number of sulfone groups is 1. The van der Waals surface area contributed by atoms with Crippen molar-refractivity contribution in [2.24, 2.45) is 11.1 Å². The van der Waals surface area contributed by atoms with E-state index in [9.17, 15) is 8.42 Å². The number of rotatable bonds is 7. The van der Waals surface area contributed by atoms with Crippen LogP contribution in [0.25, 0.3) is 0 Å². The molecule has 0 atom stereocenters. The highest BCUT2D eigenvalue weighted by molar-refractivity contribution is 7.91. The lowest BCUT2D eigenvalue weighted by Crippen LogP contribution is -2.36. The maximum absolute atomic E-state index is 12.0. The first kappa shape index (κ1) is 17.0. The van der Waals surface area contributed by atoms with E-state index in [4.69, 9.17) is 5.73 Å². The number of nitrogens with two attached hydrogens (primary N) is 1. The summed E-state index contributed by atoms with van der Waals surface area (Å²) in [5.41, 5.74) is 6.77. The first-order valence-electron chi connectivity index (χ1n) is 6.96. The largest absolute Gasteiger partial charge is 0.374 e. The third kappa shape index (κ3) is 4.49. The highest BCUT2D eigenvalue weighted by Crippen LogP contribution is 2.22. The van der Waals surface area contributed by atoms with Crippen molar-refractivity contribution in [3.63, 3.8) is 0 Å². The molecule has 4 nitrogen and oxygen atoms in total. The average molecular weight is 298 g/mol. The Balaban J connectivity index is 2.87. The number of hydrogen-bond donors (Lipinski definition) is 1. The van der Waals surface area contributed by atoms with Crippen LogP contribution in [0.4, 0.5) is 5.69 Å². The number of anilines is 1. The highest BCUT2D eigenvalue weighted by Gasteiger charge is 2.19. The second kappa shape index (κ2) is 6.59. The van der Waals surface area contributed by atoms with Gasteiger partial charge in [0, 0.05) is 19.3 Å². The molecule has 0 heterocycles. The first-order chi connectivity index (χ1) is 9.22. The van der Waals surface area contributed by atoms with E-state index in [0.717, 1.165) is 12.2 Å². The van der Waals surface area contributed by atoms with Crippen molar-refractivity contribution in [1.29, 1.82) is 0 Å². The molecule has 2 N–H and O–H groups in total. The molecule has 114 valence electrons. The summed E-state index contributed by atoms with van der Waals surface area (Å²) in [4.78, 5) is 2.50. The SMILES string of the molecule is CCCS(=O)(=O)c1ccc(N(C)CC(C)(C)CN)cc1. The van der Waals surface area contributed by atoms with Crippen molar-refractivity contribution in [1.82, 2.24) is 0 Å². The summed E-state index contributed by atoms with van der Waals surface area (Å²) in [6, 6.07) is 7.09. The number of hydrogen-bond acceptors (Lipinski definition) is 4. The summed E-state index contributed by atoms with van der Waals surface area (Å²) in [7, 11) is -1.14. The zero-order valence-electron chi connectivity index (χ0n) is 12.9. The molecule has 0 amide bonds. The fourth-order valence-electron chi connectivity index (χ4n) is 2.09. The summed E-state index contributed by atoms with van der Waals surface area (Å²) in [6.45, 7) is 7.53. The van der Waals surface area contributed by atoms with Crippen molar-refractivity contribution < 1.29 is 8.42 Å². The van der Waals surface area contributed by atoms with Crippen LogP contribution in [0.1, 0.15) is 27.2 Å². The molecule has 1 rings (SSSR count). The van der Waals surface area contributed by atoms with Crippen LogP contribution < -0.4 is 10.6 Å². The van der Waals surface area contributed by atoms with E-state index in [-0.39, 0.29) is 11.2 Å². The minimum absolute atomic E-state index is 0.0295. The van der Waals surface area contributed by atoms with Crippen LogP contribution in [-0.2, 0) is 9.84 Å². The lowest BCUT2D eigenvalue weighted by Gasteiger charge is -2.30. The van der Waals surface area contributed by atoms with E-state index in [2.05, 4.69) is 18.7 Å². The van der Waals surface area contributed by atoms with Gasteiger partial charge < -0.3 is 10.6 Å². The van der Waals surface area contributed by atoms with Gasteiger partial charge in [-0.2, -0.15) is 0 Å². The van der Waals surface area contributed by atoms with Gasteiger partial charge >= 0.3 is 0 Å². The van der Waals surface area contributed by atoms with E-state index in [1.54, 1.807) is 12.1 Å². The van der Waals surface area contributed by atoms with Gasteiger partial charge in [-0.05, 0) is 42.6 Å². The molecule has 20 heavy (non-hydrogen) atoms. The van der Waals surface area contributed by atoms with Gasteiger partial charge in [0.1, 0.15) is 0 Å². The second-order valence-corrected chi connectivity index (χ2v) is 8.15. The number of benzene rings is 1. The molecular weight excluding hydrogens is 272 g/mol. The Morgan fingerprint density at radius 3 is 2.20 bits per heavy atom. The fourth-order valence-corrected chi connectivity index (χ4v) is 3.42. The first-order valence-corrected chi connectivity index (χ1v) is 8.61. The van der Waals surface area contributed by atoms with Gasteiger partial charge in [0.15, 0.2) is 9.84 Å². The molecular formula is C15H26N2O2S. The van der Waals surface area contributed by atoms with E-state index in [1.807, 2.05) is 26.1 Å². The van der Waals surface area contributed by atoms with Crippen molar-refractivity contribution in [3.8, 4) is 0 Å². The summed E-state index contributed by atoms with van der Waals surface area (Å²) in [5.74, 6) is 0.197. The van der Waals surface area contributed by atoms with E-state index in [1.165, 1.54) is 0 Å². The Morgan fingerprint density at radius 1 is 1.20 bits per heavy atom. The second-order valence-electron chi connectivity index (χ2n) is 6.04. The van der Waals surface area contributed by atoms with Crippen molar-refractivity contribution in [3.05, 3.63) is 24.3 Å². The van der Waals surface area contributed by atoms with Gasteiger partial charge in [0.05, 0.1) is 10.6 Å². The average Bonchev–Trinajstić information content (AvgIpc) is 2.38. The summed E-state index contributed by atoms with van der Waals surface area (Å²) >= 11 is 0. The highest BCUT2D eigenvalue weighted by atomic mass is 32.2. The molecule has 0 spiro atoms. The standard InChI is InChI=1S/C15H26N2O2S/c1-5-10-20(18,19)14-8-6-13(7-9-14)17(4)12-15(2,3)11-16/h6-9H,5,10-12,16H2,1-4H3. The van der Waals surface area contributed by atoms with Gasteiger partial charge in [-0.25, -0.2) is 8.42 Å². The zero-order valence-corrected chi connectivity index (χ0v) is 13.7. The number of nitrogens with zero attached hydrogens (tertiary/aromatic N) is 1. The fraction of sp³-hybridized carbons (Fsp3) is 0.600. The molecule has 0 saturated heterocycles. The summed E-state index contributed by atoms with van der Waals surface area (Å²) in [5, 5.41) is 0. The molecule has 0 aliphatic carbocycles. The lowest BCUT2D eigenvalue weighted by molar-refractivity contribution is 0.385. The molecule has 0 aliphatic heterocycles. The Bertz CT molecular complexity index is 521. The van der Waals surface area contributed by atoms with Crippen LogP contribution >= 0.6 is 0 Å². The Labute approximate surface area is 122 Å². The van der Waals surface area contributed by atoms with Crippen molar-refractivity contribution in [2.45, 2.75) is 32.1 Å². The minimum Gasteiger partial charge on any atom is -0.374 e. The zero-order chi connectivity index (χ0) is 15.4. The summed E-state index contributed by atoms with van der Waals surface area (Å²) < 4.78 is 23.9. The van der Waals surface area contributed by atoms with Crippen molar-refractivity contribution >= 4 is 15.5 Å². The summed E-state index contributed by atoms with van der Waals surface area (Å²) in [6.07, 6.45) is 0.634. The molecule has 0 unspecified atom stereocenters. The normalized spacial score (nSPS) is 12.4. The van der Waals surface area contributed by atoms with Gasteiger partial charge in [-0.1, -0.05) is 20.8 Å². The van der Waals surface area contributed by atoms with Crippen LogP contribution in [0.15, 0.2) is 29.2 Å². The lowest BCUT2D eigenvalue weighted by atomic mass is 9.93. The Hall–Kier alpha value is -1.07. The van der Waals surface area contributed by atoms with Crippen LogP contribution in [0, 0.1) is 5.41 Å². The van der Waals surface area contributed by atoms with Gasteiger partial charge in [0.2, 0.25) is 0 Å². The molecule has 1 aromatic rings. The van der Waals surface area contributed by atoms with Crippen LogP contribution in [-0.4, -0.2) is 34.3 Å².